The SMILES string of the molecule is CCCNC(=O)CNCc1cc(Br)c(Br)o1. The average Bonchev–Trinajstić information content (AvgIpc) is 2.55. The van der Waals surface area contributed by atoms with Gasteiger partial charge >= 0.3 is 0 Å². The van der Waals surface area contributed by atoms with Crippen LogP contribution in [-0.4, -0.2) is 19.0 Å². The summed E-state index contributed by atoms with van der Waals surface area (Å²) in [5.41, 5.74) is 0. The van der Waals surface area contributed by atoms with E-state index in [-0.39, 0.29) is 5.91 Å². The van der Waals surface area contributed by atoms with E-state index in [0.717, 1.165) is 23.2 Å². The van der Waals surface area contributed by atoms with Gasteiger partial charge in [-0.05, 0) is 44.3 Å². The van der Waals surface area contributed by atoms with E-state index in [1.54, 1.807) is 0 Å². The highest BCUT2D eigenvalue weighted by atomic mass is 79.9. The smallest absolute Gasteiger partial charge is 0.233 e. The molecule has 0 bridgehead atoms. The van der Waals surface area contributed by atoms with Gasteiger partial charge in [0.1, 0.15) is 5.76 Å². The molecule has 0 atom stereocenters. The fourth-order valence-electron chi connectivity index (χ4n) is 1.10. The monoisotopic (exact) mass is 352 g/mol. The molecule has 0 aliphatic heterocycles. The van der Waals surface area contributed by atoms with Gasteiger partial charge in [0.05, 0.1) is 17.6 Å². The average molecular weight is 354 g/mol. The third kappa shape index (κ3) is 4.67. The van der Waals surface area contributed by atoms with E-state index in [1.807, 2.05) is 13.0 Å². The van der Waals surface area contributed by atoms with Crippen molar-refractivity contribution >= 4 is 37.8 Å². The van der Waals surface area contributed by atoms with Crippen molar-refractivity contribution in [1.29, 1.82) is 0 Å². The van der Waals surface area contributed by atoms with Crippen molar-refractivity contribution in [1.82, 2.24) is 10.6 Å². The zero-order valence-corrected chi connectivity index (χ0v) is 12.2. The van der Waals surface area contributed by atoms with Crippen molar-refractivity contribution < 1.29 is 9.21 Å². The molecule has 1 heterocycles. The van der Waals surface area contributed by atoms with Crippen molar-refractivity contribution in [2.24, 2.45) is 0 Å². The lowest BCUT2D eigenvalue weighted by Crippen LogP contribution is -2.33. The van der Waals surface area contributed by atoms with Crippen LogP contribution in [0.15, 0.2) is 19.6 Å². The van der Waals surface area contributed by atoms with Gasteiger partial charge in [0.25, 0.3) is 0 Å². The van der Waals surface area contributed by atoms with Gasteiger partial charge in [0.15, 0.2) is 4.67 Å². The number of nitrogens with one attached hydrogen (secondary N) is 2. The van der Waals surface area contributed by atoms with Gasteiger partial charge in [-0.2, -0.15) is 0 Å². The third-order valence-corrected chi connectivity index (χ3v) is 3.56. The molecule has 0 spiro atoms. The van der Waals surface area contributed by atoms with E-state index in [2.05, 4.69) is 42.5 Å². The minimum absolute atomic E-state index is 0.00605. The number of hydrogen-bond acceptors (Lipinski definition) is 3. The molecule has 2 N–H and O–H groups in total. The first-order valence-electron chi connectivity index (χ1n) is 5.04. The fraction of sp³-hybridized carbons (Fsp3) is 0.500. The topological polar surface area (TPSA) is 54.3 Å². The van der Waals surface area contributed by atoms with Gasteiger partial charge in [-0.25, -0.2) is 0 Å². The van der Waals surface area contributed by atoms with Gasteiger partial charge in [-0.1, -0.05) is 6.92 Å². The maximum absolute atomic E-state index is 11.2. The summed E-state index contributed by atoms with van der Waals surface area (Å²) in [6, 6.07) is 1.86. The largest absolute Gasteiger partial charge is 0.452 e. The minimum Gasteiger partial charge on any atom is -0.452 e. The molecule has 4 nitrogen and oxygen atoms in total. The van der Waals surface area contributed by atoms with Gasteiger partial charge in [0.2, 0.25) is 5.91 Å². The summed E-state index contributed by atoms with van der Waals surface area (Å²) >= 11 is 6.57. The number of rotatable bonds is 6. The summed E-state index contributed by atoms with van der Waals surface area (Å²) in [5, 5.41) is 5.79. The number of furan rings is 1. The van der Waals surface area contributed by atoms with E-state index in [1.165, 1.54) is 0 Å². The van der Waals surface area contributed by atoms with Crippen LogP contribution in [0.4, 0.5) is 0 Å². The Kier molecular flexibility index (Phi) is 6.08. The Balaban J connectivity index is 2.22. The van der Waals surface area contributed by atoms with Crippen LogP contribution in [0, 0.1) is 0 Å². The minimum atomic E-state index is 0.00605. The van der Waals surface area contributed by atoms with Gasteiger partial charge in [0, 0.05) is 6.54 Å². The molecule has 0 aliphatic carbocycles. The molecular formula is C10H14Br2N2O2. The molecule has 1 amide bonds. The Morgan fingerprint density at radius 1 is 1.50 bits per heavy atom. The first kappa shape index (κ1) is 13.7. The molecule has 16 heavy (non-hydrogen) atoms. The van der Waals surface area contributed by atoms with E-state index in [9.17, 15) is 4.79 Å². The standard InChI is InChI=1S/C10H14Br2N2O2/c1-2-3-14-9(15)6-13-5-7-4-8(11)10(12)16-7/h4,13H,2-3,5-6H2,1H3,(H,14,15). The maximum atomic E-state index is 11.2. The quantitative estimate of drug-likeness (QED) is 0.825. The fourth-order valence-corrected chi connectivity index (χ4v) is 1.76. The Morgan fingerprint density at radius 2 is 2.25 bits per heavy atom. The van der Waals surface area contributed by atoms with Crippen molar-refractivity contribution in [2.75, 3.05) is 13.1 Å². The van der Waals surface area contributed by atoms with Crippen LogP contribution >= 0.6 is 31.9 Å². The first-order valence-corrected chi connectivity index (χ1v) is 6.63. The number of amides is 1. The van der Waals surface area contributed by atoms with Crippen molar-refractivity contribution in [3.8, 4) is 0 Å². The molecule has 90 valence electrons. The van der Waals surface area contributed by atoms with Crippen LogP contribution in [0.3, 0.4) is 0 Å². The number of carbonyl (C=O) groups excluding carboxylic acids is 1. The zero-order chi connectivity index (χ0) is 12.0. The predicted octanol–water partition coefficient (Wildman–Crippen LogP) is 2.42. The summed E-state index contributed by atoms with van der Waals surface area (Å²) in [4.78, 5) is 11.2. The molecular weight excluding hydrogens is 340 g/mol. The number of halogens is 2. The highest BCUT2D eigenvalue weighted by molar-refractivity contribution is 9.13. The summed E-state index contributed by atoms with van der Waals surface area (Å²) in [7, 11) is 0. The first-order chi connectivity index (χ1) is 7.63. The molecule has 1 aromatic rings. The lowest BCUT2D eigenvalue weighted by Gasteiger charge is -2.03. The van der Waals surface area contributed by atoms with Gasteiger partial charge in [-0.3, -0.25) is 4.79 Å². The van der Waals surface area contributed by atoms with Crippen LogP contribution in [-0.2, 0) is 11.3 Å². The van der Waals surface area contributed by atoms with Gasteiger partial charge in [-0.15, -0.1) is 0 Å². The highest BCUT2D eigenvalue weighted by Gasteiger charge is 2.06. The zero-order valence-electron chi connectivity index (χ0n) is 8.98. The van der Waals surface area contributed by atoms with E-state index < -0.39 is 0 Å². The normalized spacial score (nSPS) is 10.4. The number of carbonyl (C=O) groups is 1. The van der Waals surface area contributed by atoms with Crippen LogP contribution < -0.4 is 10.6 Å². The van der Waals surface area contributed by atoms with Crippen LogP contribution in [0.2, 0.25) is 0 Å². The van der Waals surface area contributed by atoms with Crippen LogP contribution in [0.1, 0.15) is 19.1 Å². The molecule has 1 aromatic heterocycles. The molecule has 0 unspecified atom stereocenters. The summed E-state index contributed by atoms with van der Waals surface area (Å²) < 4.78 is 6.89. The second kappa shape index (κ2) is 7.09. The van der Waals surface area contributed by atoms with Crippen molar-refractivity contribution in [3.63, 3.8) is 0 Å². The molecule has 0 aliphatic rings. The predicted molar refractivity (Wildman–Crippen MR) is 69.1 cm³/mol. The summed E-state index contributed by atoms with van der Waals surface area (Å²) in [6.45, 7) is 3.57. The second-order valence-corrected chi connectivity index (χ2v) is 4.86. The number of hydrogen-bond donors (Lipinski definition) is 2. The van der Waals surface area contributed by atoms with Gasteiger partial charge < -0.3 is 15.1 Å². The maximum Gasteiger partial charge on any atom is 0.233 e. The molecule has 0 saturated heterocycles. The molecule has 0 aromatic carbocycles. The van der Waals surface area contributed by atoms with Crippen molar-refractivity contribution in [3.05, 3.63) is 21.0 Å². The van der Waals surface area contributed by atoms with E-state index in [0.29, 0.717) is 17.8 Å². The van der Waals surface area contributed by atoms with E-state index >= 15 is 0 Å². The Bertz CT molecular complexity index is 333. The second-order valence-electron chi connectivity index (χ2n) is 3.29. The highest BCUT2D eigenvalue weighted by Crippen LogP contribution is 2.26. The Morgan fingerprint density at radius 3 is 2.81 bits per heavy atom. The summed E-state index contributed by atoms with van der Waals surface area (Å²) in [5.74, 6) is 0.786. The molecule has 0 fully saturated rings. The molecule has 6 heteroatoms. The lowest BCUT2D eigenvalue weighted by molar-refractivity contribution is -0.120. The Labute approximate surface area is 111 Å². The lowest BCUT2D eigenvalue weighted by atomic mass is 10.4. The summed E-state index contributed by atoms with van der Waals surface area (Å²) in [6.07, 6.45) is 0.948. The Hall–Kier alpha value is -0.330. The van der Waals surface area contributed by atoms with E-state index in [4.69, 9.17) is 4.42 Å². The molecule has 0 saturated carbocycles. The van der Waals surface area contributed by atoms with Crippen LogP contribution in [0.25, 0.3) is 0 Å². The van der Waals surface area contributed by atoms with Crippen molar-refractivity contribution in [2.45, 2.75) is 19.9 Å². The molecule has 1 rings (SSSR count). The van der Waals surface area contributed by atoms with Crippen LogP contribution in [0.5, 0.6) is 0 Å². The molecule has 0 radical (unpaired) electrons. The third-order valence-electron chi connectivity index (χ3n) is 1.85.